The number of aliphatic hydroxyl groups is 1. The lowest BCUT2D eigenvalue weighted by Crippen LogP contribution is -2.05. The van der Waals surface area contributed by atoms with Gasteiger partial charge in [0.1, 0.15) is 19.0 Å². The Kier molecular flexibility index (Phi) is 4.89. The van der Waals surface area contributed by atoms with Crippen LogP contribution in [0.3, 0.4) is 0 Å². The van der Waals surface area contributed by atoms with Crippen LogP contribution in [-0.4, -0.2) is 11.7 Å². The number of hydrogen-bond acceptors (Lipinski definition) is 3. The quantitative estimate of drug-likeness (QED) is 0.876. The van der Waals surface area contributed by atoms with Gasteiger partial charge in [0.2, 0.25) is 0 Å². The molecule has 0 bridgehead atoms. The molecule has 2 rings (SSSR count). The van der Waals surface area contributed by atoms with Crippen molar-refractivity contribution in [3.8, 4) is 17.6 Å². The molecule has 0 amide bonds. The molecular formula is C15H11F3O2S. The van der Waals surface area contributed by atoms with E-state index in [0.717, 1.165) is 22.6 Å². The normalized spacial score (nSPS) is 10.9. The van der Waals surface area contributed by atoms with Crippen molar-refractivity contribution < 1.29 is 23.0 Å². The fraction of sp³-hybridized carbons (Fsp3) is 0.200. The minimum atomic E-state index is -4.38. The van der Waals surface area contributed by atoms with Crippen LogP contribution < -0.4 is 4.74 Å². The van der Waals surface area contributed by atoms with Gasteiger partial charge in [-0.2, -0.15) is 13.2 Å². The summed E-state index contributed by atoms with van der Waals surface area (Å²) in [6.45, 7) is -0.0430. The van der Waals surface area contributed by atoms with Gasteiger partial charge < -0.3 is 9.84 Å². The Hall–Kier alpha value is -1.97. The van der Waals surface area contributed by atoms with E-state index in [-0.39, 0.29) is 19.0 Å². The molecule has 21 heavy (non-hydrogen) atoms. The van der Waals surface area contributed by atoms with E-state index in [1.165, 1.54) is 23.5 Å². The Bertz CT molecular complexity index is 665. The number of hydrogen-bond donors (Lipinski definition) is 1. The molecule has 0 aliphatic carbocycles. The monoisotopic (exact) mass is 312 g/mol. The molecule has 1 heterocycles. The zero-order valence-electron chi connectivity index (χ0n) is 10.8. The number of alkyl halides is 3. The molecule has 0 radical (unpaired) electrons. The summed E-state index contributed by atoms with van der Waals surface area (Å²) in [5.74, 6) is 5.44. The van der Waals surface area contributed by atoms with Gasteiger partial charge in [-0.25, -0.2) is 0 Å². The van der Waals surface area contributed by atoms with Gasteiger partial charge in [0.25, 0.3) is 0 Å². The van der Waals surface area contributed by atoms with Gasteiger partial charge in [-0.15, -0.1) is 11.3 Å². The molecule has 110 valence electrons. The zero-order valence-corrected chi connectivity index (χ0v) is 11.6. The molecule has 0 fully saturated rings. The van der Waals surface area contributed by atoms with Gasteiger partial charge in [0.05, 0.1) is 5.56 Å². The maximum absolute atomic E-state index is 12.6. The van der Waals surface area contributed by atoms with Crippen LogP contribution in [0.15, 0.2) is 35.7 Å². The van der Waals surface area contributed by atoms with Crippen LogP contribution in [0.5, 0.6) is 5.75 Å². The molecule has 0 aliphatic rings. The summed E-state index contributed by atoms with van der Waals surface area (Å²) in [5.41, 5.74) is 0.0115. The number of rotatable bonds is 3. The minimum absolute atomic E-state index is 0.168. The van der Waals surface area contributed by atoms with Crippen LogP contribution in [0.4, 0.5) is 13.2 Å². The minimum Gasteiger partial charge on any atom is -0.488 e. The first kappa shape index (κ1) is 15.4. The van der Waals surface area contributed by atoms with E-state index >= 15 is 0 Å². The molecule has 0 saturated heterocycles. The molecule has 0 atom stereocenters. The molecule has 1 N–H and O–H groups in total. The summed E-state index contributed by atoms with van der Waals surface area (Å²) in [4.78, 5) is 0.842. The summed E-state index contributed by atoms with van der Waals surface area (Å²) in [6, 6.07) is 6.54. The van der Waals surface area contributed by atoms with Crippen LogP contribution in [0, 0.1) is 11.8 Å². The predicted molar refractivity (Wildman–Crippen MR) is 74.1 cm³/mol. The predicted octanol–water partition coefficient (Wildman–Crippen LogP) is 3.69. The number of ether oxygens (including phenoxy) is 1. The summed E-state index contributed by atoms with van der Waals surface area (Å²) in [7, 11) is 0. The third-order valence-corrected chi connectivity index (χ3v) is 3.42. The van der Waals surface area contributed by atoms with Crippen LogP contribution in [0.25, 0.3) is 0 Å². The fourth-order valence-electron chi connectivity index (χ4n) is 1.58. The van der Waals surface area contributed by atoms with E-state index in [2.05, 4.69) is 11.8 Å². The maximum atomic E-state index is 12.6. The van der Waals surface area contributed by atoms with Crippen molar-refractivity contribution in [2.75, 3.05) is 6.61 Å². The second-order valence-electron chi connectivity index (χ2n) is 4.08. The van der Waals surface area contributed by atoms with Crippen LogP contribution in [-0.2, 0) is 12.8 Å². The zero-order chi connectivity index (χ0) is 15.3. The van der Waals surface area contributed by atoms with Gasteiger partial charge in [0, 0.05) is 15.8 Å². The second kappa shape index (κ2) is 6.66. The molecule has 0 aliphatic heterocycles. The highest BCUT2D eigenvalue weighted by atomic mass is 32.1. The van der Waals surface area contributed by atoms with E-state index in [1.807, 2.05) is 0 Å². The molecule has 0 saturated carbocycles. The summed E-state index contributed by atoms with van der Waals surface area (Å²) in [6.07, 6.45) is -4.38. The lowest BCUT2D eigenvalue weighted by molar-refractivity contribution is -0.137. The smallest absolute Gasteiger partial charge is 0.416 e. The van der Waals surface area contributed by atoms with Crippen molar-refractivity contribution in [1.29, 1.82) is 0 Å². The molecular weight excluding hydrogens is 301 g/mol. The highest BCUT2D eigenvalue weighted by molar-refractivity contribution is 7.10. The van der Waals surface area contributed by atoms with Crippen molar-refractivity contribution in [2.24, 2.45) is 0 Å². The standard InChI is InChI=1S/C15H11F3O2S/c16-15(17,18)12-4-1-5-13(8-12)20-9-14-7-11(10-21-14)3-2-6-19/h1,4-5,7-8,10,19H,6,9H2. The van der Waals surface area contributed by atoms with Gasteiger partial charge in [-0.1, -0.05) is 17.9 Å². The molecule has 0 spiro atoms. The van der Waals surface area contributed by atoms with Crippen molar-refractivity contribution in [2.45, 2.75) is 12.8 Å². The molecule has 6 heteroatoms. The Labute approximate surface area is 123 Å². The van der Waals surface area contributed by atoms with E-state index in [1.54, 1.807) is 11.4 Å². The highest BCUT2D eigenvalue weighted by Crippen LogP contribution is 2.31. The molecule has 2 nitrogen and oxygen atoms in total. The van der Waals surface area contributed by atoms with Crippen LogP contribution in [0.2, 0.25) is 0 Å². The van der Waals surface area contributed by atoms with Crippen LogP contribution in [0.1, 0.15) is 16.0 Å². The van der Waals surface area contributed by atoms with Gasteiger partial charge >= 0.3 is 6.18 Å². The fourth-order valence-corrected chi connectivity index (χ4v) is 2.31. The Morgan fingerprint density at radius 1 is 1.24 bits per heavy atom. The van der Waals surface area contributed by atoms with E-state index in [9.17, 15) is 13.2 Å². The Morgan fingerprint density at radius 3 is 2.76 bits per heavy atom. The van der Waals surface area contributed by atoms with Crippen molar-refractivity contribution >= 4 is 11.3 Å². The average Bonchev–Trinajstić information content (AvgIpc) is 2.90. The summed E-state index contributed by atoms with van der Waals surface area (Å²) < 4.78 is 43.0. The number of halogens is 3. The first-order valence-corrected chi connectivity index (χ1v) is 6.84. The SMILES string of the molecule is OCC#Cc1csc(COc2cccc(C(F)(F)F)c2)c1. The lowest BCUT2D eigenvalue weighted by atomic mass is 10.2. The average molecular weight is 312 g/mol. The van der Waals surface area contributed by atoms with Gasteiger partial charge in [0.15, 0.2) is 0 Å². The lowest BCUT2D eigenvalue weighted by Gasteiger charge is -2.09. The molecule has 1 aromatic carbocycles. The van der Waals surface area contributed by atoms with E-state index in [0.29, 0.717) is 0 Å². The molecule has 2 aromatic rings. The third-order valence-electron chi connectivity index (χ3n) is 2.51. The molecule has 1 aromatic heterocycles. The summed E-state index contributed by atoms with van der Waals surface area (Å²) >= 11 is 1.40. The number of aliphatic hydroxyl groups excluding tert-OH is 1. The second-order valence-corrected chi connectivity index (χ2v) is 5.07. The maximum Gasteiger partial charge on any atom is 0.416 e. The van der Waals surface area contributed by atoms with E-state index in [4.69, 9.17) is 9.84 Å². The molecule has 0 unspecified atom stereocenters. The summed E-state index contributed by atoms with van der Waals surface area (Å²) in [5, 5.41) is 10.4. The third kappa shape index (κ3) is 4.52. The highest BCUT2D eigenvalue weighted by Gasteiger charge is 2.30. The largest absolute Gasteiger partial charge is 0.488 e. The Balaban J connectivity index is 2.01. The number of benzene rings is 1. The van der Waals surface area contributed by atoms with E-state index < -0.39 is 11.7 Å². The van der Waals surface area contributed by atoms with Crippen LogP contribution >= 0.6 is 11.3 Å². The first-order valence-electron chi connectivity index (χ1n) is 5.96. The number of thiophene rings is 1. The topological polar surface area (TPSA) is 29.5 Å². The first-order chi connectivity index (χ1) is 9.99. The van der Waals surface area contributed by atoms with Gasteiger partial charge in [-0.3, -0.25) is 0 Å². The Morgan fingerprint density at radius 2 is 2.05 bits per heavy atom. The van der Waals surface area contributed by atoms with Gasteiger partial charge in [-0.05, 0) is 24.3 Å². The van der Waals surface area contributed by atoms with Crippen molar-refractivity contribution in [3.05, 3.63) is 51.7 Å². The van der Waals surface area contributed by atoms with Crippen molar-refractivity contribution in [3.63, 3.8) is 0 Å². The van der Waals surface area contributed by atoms with Crippen molar-refractivity contribution in [1.82, 2.24) is 0 Å².